The molecule has 1 N–H and O–H groups in total. The van der Waals surface area contributed by atoms with Gasteiger partial charge in [-0.05, 0) is 51.1 Å². The van der Waals surface area contributed by atoms with E-state index >= 15 is 0 Å². The summed E-state index contributed by atoms with van der Waals surface area (Å²) < 4.78 is 0. The fraction of sp³-hybridized carbons (Fsp3) is 0.706. The van der Waals surface area contributed by atoms with Gasteiger partial charge in [0.15, 0.2) is 0 Å². The monoisotopic (exact) mass is 290 g/mol. The molecule has 118 valence electrons. The molecule has 0 bridgehead atoms. The van der Waals surface area contributed by atoms with Crippen molar-refractivity contribution in [2.45, 2.75) is 45.7 Å². The Bertz CT molecular complexity index is 435. The Morgan fingerprint density at radius 3 is 2.90 bits per heavy atom. The lowest BCUT2D eigenvalue weighted by molar-refractivity contribution is 0.213. The minimum absolute atomic E-state index is 0.390. The highest BCUT2D eigenvalue weighted by atomic mass is 15.3. The lowest BCUT2D eigenvalue weighted by Crippen LogP contribution is -2.51. The van der Waals surface area contributed by atoms with Crippen molar-refractivity contribution in [2.24, 2.45) is 0 Å². The summed E-state index contributed by atoms with van der Waals surface area (Å²) in [5, 5.41) is 3.55. The van der Waals surface area contributed by atoms with E-state index in [9.17, 15) is 0 Å². The summed E-state index contributed by atoms with van der Waals surface area (Å²) in [7, 11) is 2.23. The molecule has 1 saturated heterocycles. The predicted molar refractivity (Wildman–Crippen MR) is 89.9 cm³/mol. The largest absolute Gasteiger partial charge is 0.354 e. The molecular formula is C17H30N4. The third-order valence-corrected chi connectivity index (χ3v) is 4.54. The normalized spacial score (nSPS) is 21.5. The SMILES string of the molecule is CCCNC(C)c1ccnc(N2CCN(C)C(CC)C2)c1. The molecule has 1 aromatic rings. The quantitative estimate of drug-likeness (QED) is 0.873. The lowest BCUT2D eigenvalue weighted by Gasteiger charge is -2.39. The molecule has 2 atom stereocenters. The zero-order valence-corrected chi connectivity index (χ0v) is 14.0. The van der Waals surface area contributed by atoms with Crippen molar-refractivity contribution < 1.29 is 0 Å². The first-order chi connectivity index (χ1) is 10.2. The number of anilines is 1. The summed E-state index contributed by atoms with van der Waals surface area (Å²) in [6.45, 7) is 11.0. The van der Waals surface area contributed by atoms with Gasteiger partial charge in [-0.15, -0.1) is 0 Å². The van der Waals surface area contributed by atoms with Crippen LogP contribution in [0, 0.1) is 0 Å². The van der Waals surface area contributed by atoms with Crippen LogP contribution < -0.4 is 10.2 Å². The van der Waals surface area contributed by atoms with Crippen molar-refractivity contribution in [3.05, 3.63) is 23.9 Å². The second kappa shape index (κ2) is 7.76. The topological polar surface area (TPSA) is 31.4 Å². The molecule has 0 spiro atoms. The molecule has 21 heavy (non-hydrogen) atoms. The molecule has 1 aliphatic heterocycles. The first kappa shape index (κ1) is 16.2. The number of nitrogens with one attached hydrogen (secondary N) is 1. The third-order valence-electron chi connectivity index (χ3n) is 4.54. The maximum absolute atomic E-state index is 4.60. The summed E-state index contributed by atoms with van der Waals surface area (Å²) in [4.78, 5) is 9.50. The molecule has 0 amide bonds. The highest BCUT2D eigenvalue weighted by Gasteiger charge is 2.23. The Hall–Kier alpha value is -1.13. The van der Waals surface area contributed by atoms with E-state index < -0.39 is 0 Å². The number of piperazine rings is 1. The molecule has 0 radical (unpaired) electrons. The van der Waals surface area contributed by atoms with Crippen LogP contribution in [-0.2, 0) is 0 Å². The van der Waals surface area contributed by atoms with Gasteiger partial charge in [0.05, 0.1) is 0 Å². The third kappa shape index (κ3) is 4.17. The van der Waals surface area contributed by atoms with E-state index in [1.165, 1.54) is 18.4 Å². The van der Waals surface area contributed by atoms with Crippen LogP contribution in [0.25, 0.3) is 0 Å². The van der Waals surface area contributed by atoms with Gasteiger partial charge in [-0.25, -0.2) is 4.98 Å². The van der Waals surface area contributed by atoms with Crippen LogP contribution in [-0.4, -0.2) is 49.2 Å². The number of pyridine rings is 1. The van der Waals surface area contributed by atoms with Crippen LogP contribution in [0.15, 0.2) is 18.3 Å². The van der Waals surface area contributed by atoms with Crippen LogP contribution >= 0.6 is 0 Å². The van der Waals surface area contributed by atoms with Gasteiger partial charge in [0.25, 0.3) is 0 Å². The number of nitrogens with zero attached hydrogens (tertiary/aromatic N) is 3. The molecule has 1 aromatic heterocycles. The van der Waals surface area contributed by atoms with Crippen molar-refractivity contribution in [2.75, 3.05) is 38.1 Å². The molecule has 4 heteroatoms. The summed E-state index contributed by atoms with van der Waals surface area (Å²) in [6, 6.07) is 5.41. The van der Waals surface area contributed by atoms with Gasteiger partial charge < -0.3 is 10.2 Å². The molecule has 1 aliphatic rings. The number of aromatic nitrogens is 1. The van der Waals surface area contributed by atoms with E-state index in [-0.39, 0.29) is 0 Å². The first-order valence-electron chi connectivity index (χ1n) is 8.30. The summed E-state index contributed by atoms with van der Waals surface area (Å²) in [5.41, 5.74) is 1.33. The van der Waals surface area contributed by atoms with Gasteiger partial charge in [0, 0.05) is 37.9 Å². The van der Waals surface area contributed by atoms with Crippen molar-refractivity contribution in [3.63, 3.8) is 0 Å². The van der Waals surface area contributed by atoms with E-state index in [1.807, 2.05) is 6.20 Å². The molecule has 2 heterocycles. The van der Waals surface area contributed by atoms with E-state index in [1.54, 1.807) is 0 Å². The van der Waals surface area contributed by atoms with Crippen LogP contribution in [0.4, 0.5) is 5.82 Å². The van der Waals surface area contributed by atoms with Crippen molar-refractivity contribution in [3.8, 4) is 0 Å². The fourth-order valence-electron chi connectivity index (χ4n) is 2.95. The predicted octanol–water partition coefficient (Wildman–Crippen LogP) is 2.67. The summed E-state index contributed by atoms with van der Waals surface area (Å²) in [5.74, 6) is 1.13. The maximum Gasteiger partial charge on any atom is 0.128 e. The smallest absolute Gasteiger partial charge is 0.128 e. The molecule has 2 rings (SSSR count). The van der Waals surface area contributed by atoms with Crippen molar-refractivity contribution in [1.29, 1.82) is 0 Å². The van der Waals surface area contributed by atoms with Crippen molar-refractivity contribution >= 4 is 5.82 Å². The highest BCUT2D eigenvalue weighted by molar-refractivity contribution is 5.42. The van der Waals surface area contributed by atoms with Gasteiger partial charge in [-0.2, -0.15) is 0 Å². The first-order valence-corrected chi connectivity index (χ1v) is 8.30. The van der Waals surface area contributed by atoms with Gasteiger partial charge in [-0.1, -0.05) is 13.8 Å². The second-order valence-corrected chi connectivity index (χ2v) is 6.11. The molecular weight excluding hydrogens is 260 g/mol. The molecule has 2 unspecified atom stereocenters. The summed E-state index contributed by atoms with van der Waals surface area (Å²) in [6.07, 6.45) is 4.31. The number of rotatable bonds is 6. The van der Waals surface area contributed by atoms with Crippen LogP contribution in [0.3, 0.4) is 0 Å². The van der Waals surface area contributed by atoms with E-state index in [4.69, 9.17) is 0 Å². The minimum Gasteiger partial charge on any atom is -0.354 e. The molecule has 4 nitrogen and oxygen atoms in total. The van der Waals surface area contributed by atoms with E-state index in [2.05, 4.69) is 60.1 Å². The Morgan fingerprint density at radius 1 is 1.38 bits per heavy atom. The summed E-state index contributed by atoms with van der Waals surface area (Å²) >= 11 is 0. The van der Waals surface area contributed by atoms with Gasteiger partial charge in [0.1, 0.15) is 5.82 Å². The fourth-order valence-corrected chi connectivity index (χ4v) is 2.95. The van der Waals surface area contributed by atoms with Gasteiger partial charge in [0.2, 0.25) is 0 Å². The number of hydrogen-bond acceptors (Lipinski definition) is 4. The maximum atomic E-state index is 4.60. The average Bonchev–Trinajstić information content (AvgIpc) is 2.53. The Balaban J connectivity index is 2.06. The van der Waals surface area contributed by atoms with Crippen LogP contribution in [0.1, 0.15) is 45.2 Å². The van der Waals surface area contributed by atoms with E-state index in [0.29, 0.717) is 12.1 Å². The Morgan fingerprint density at radius 2 is 2.19 bits per heavy atom. The zero-order valence-electron chi connectivity index (χ0n) is 14.0. The van der Waals surface area contributed by atoms with Gasteiger partial charge >= 0.3 is 0 Å². The Labute approximate surface area is 129 Å². The number of likely N-dealkylation sites (N-methyl/N-ethyl adjacent to an activating group) is 1. The van der Waals surface area contributed by atoms with Crippen molar-refractivity contribution in [1.82, 2.24) is 15.2 Å². The van der Waals surface area contributed by atoms with Crippen LogP contribution in [0.5, 0.6) is 0 Å². The van der Waals surface area contributed by atoms with Crippen LogP contribution in [0.2, 0.25) is 0 Å². The average molecular weight is 290 g/mol. The molecule has 0 saturated carbocycles. The van der Waals surface area contributed by atoms with E-state index in [0.717, 1.165) is 32.0 Å². The zero-order chi connectivity index (χ0) is 15.2. The molecule has 0 aromatic carbocycles. The minimum atomic E-state index is 0.390. The number of hydrogen-bond donors (Lipinski definition) is 1. The lowest BCUT2D eigenvalue weighted by atomic mass is 10.1. The second-order valence-electron chi connectivity index (χ2n) is 6.11. The molecule has 1 fully saturated rings. The Kier molecular flexibility index (Phi) is 6.00. The van der Waals surface area contributed by atoms with Gasteiger partial charge in [-0.3, -0.25) is 4.90 Å². The molecule has 0 aliphatic carbocycles. The standard InChI is InChI=1S/C17H30N4/c1-5-8-18-14(3)15-7-9-19-17(12-15)21-11-10-20(4)16(6-2)13-21/h7,9,12,14,16,18H,5-6,8,10-11,13H2,1-4H3. The highest BCUT2D eigenvalue weighted by Crippen LogP contribution is 2.21.